The van der Waals surface area contributed by atoms with E-state index in [0.29, 0.717) is 17.5 Å². The van der Waals surface area contributed by atoms with Gasteiger partial charge in [0.1, 0.15) is 5.60 Å². The van der Waals surface area contributed by atoms with E-state index in [9.17, 15) is 0 Å². The molecule has 0 amide bonds. The van der Waals surface area contributed by atoms with Crippen molar-refractivity contribution in [2.24, 2.45) is 11.8 Å². The summed E-state index contributed by atoms with van der Waals surface area (Å²) in [6, 6.07) is 0.601. The topological polar surface area (TPSA) is 33.7 Å². The van der Waals surface area contributed by atoms with Gasteiger partial charge in [0, 0.05) is 51.4 Å². The van der Waals surface area contributed by atoms with E-state index in [1.807, 2.05) is 7.11 Å². The fourth-order valence-electron chi connectivity index (χ4n) is 4.20. The number of piperazine rings is 1. The van der Waals surface area contributed by atoms with E-state index in [1.165, 1.54) is 12.8 Å². The van der Waals surface area contributed by atoms with Gasteiger partial charge in [0.25, 0.3) is 0 Å². The van der Waals surface area contributed by atoms with Crippen molar-refractivity contribution in [2.45, 2.75) is 57.2 Å². The summed E-state index contributed by atoms with van der Waals surface area (Å²) in [5, 5.41) is 3.86. The molecule has 4 heteroatoms. The molecular weight excluding hydrogens is 264 g/mol. The first-order valence-electron chi connectivity index (χ1n) is 8.60. The third-order valence-electron chi connectivity index (χ3n) is 5.95. The van der Waals surface area contributed by atoms with Crippen LogP contribution in [0.1, 0.15) is 40.0 Å². The molecule has 1 aliphatic carbocycles. The van der Waals surface area contributed by atoms with Gasteiger partial charge < -0.3 is 14.8 Å². The van der Waals surface area contributed by atoms with E-state index >= 15 is 0 Å². The van der Waals surface area contributed by atoms with Crippen LogP contribution in [-0.2, 0) is 9.47 Å². The van der Waals surface area contributed by atoms with Crippen LogP contribution in [0.15, 0.2) is 0 Å². The van der Waals surface area contributed by atoms with E-state index in [2.05, 4.69) is 31.0 Å². The van der Waals surface area contributed by atoms with Crippen LogP contribution in [0, 0.1) is 11.8 Å². The average molecular weight is 296 g/mol. The van der Waals surface area contributed by atoms with Crippen LogP contribution in [0.4, 0.5) is 0 Å². The van der Waals surface area contributed by atoms with E-state index in [-0.39, 0.29) is 5.60 Å². The number of ether oxygens (including phenoxy) is 2. The minimum absolute atomic E-state index is 0.0884. The molecule has 3 rings (SSSR count). The molecule has 0 bridgehead atoms. The van der Waals surface area contributed by atoms with Crippen molar-refractivity contribution in [3.05, 3.63) is 0 Å². The Bertz CT molecular complexity index is 364. The molecule has 0 aromatic carbocycles. The first-order chi connectivity index (χ1) is 9.98. The summed E-state index contributed by atoms with van der Waals surface area (Å²) >= 11 is 0. The Balaban J connectivity index is 1.73. The van der Waals surface area contributed by atoms with Crippen molar-refractivity contribution < 1.29 is 9.47 Å². The summed E-state index contributed by atoms with van der Waals surface area (Å²) in [5.74, 6) is 1.53. The molecule has 0 aromatic rings. The Morgan fingerprint density at radius 3 is 2.67 bits per heavy atom. The van der Waals surface area contributed by atoms with Gasteiger partial charge in [-0.25, -0.2) is 0 Å². The van der Waals surface area contributed by atoms with Gasteiger partial charge in [0.05, 0.1) is 6.61 Å². The highest BCUT2D eigenvalue weighted by Gasteiger charge is 2.48. The molecule has 1 N–H and O–H groups in total. The summed E-state index contributed by atoms with van der Waals surface area (Å²) in [5.41, 5.74) is 0.203. The smallest absolute Gasteiger partial charge is 0.106 e. The lowest BCUT2D eigenvalue weighted by molar-refractivity contribution is -0.0675. The maximum atomic E-state index is 5.89. The van der Waals surface area contributed by atoms with E-state index in [1.54, 1.807) is 0 Å². The number of methoxy groups -OCH3 is 1. The van der Waals surface area contributed by atoms with Gasteiger partial charge in [-0.3, -0.25) is 4.90 Å². The van der Waals surface area contributed by atoms with E-state index < -0.39 is 0 Å². The van der Waals surface area contributed by atoms with Crippen molar-refractivity contribution >= 4 is 0 Å². The largest absolute Gasteiger partial charge is 0.378 e. The fraction of sp³-hybridized carbons (Fsp3) is 1.00. The van der Waals surface area contributed by atoms with Crippen LogP contribution in [0.5, 0.6) is 0 Å². The average Bonchev–Trinajstić information content (AvgIpc) is 3.21. The van der Waals surface area contributed by atoms with Gasteiger partial charge in [-0.2, -0.15) is 0 Å². The van der Waals surface area contributed by atoms with Crippen molar-refractivity contribution in [3.63, 3.8) is 0 Å². The van der Waals surface area contributed by atoms with Crippen molar-refractivity contribution in [1.29, 1.82) is 0 Å². The zero-order chi connectivity index (χ0) is 15.1. The molecule has 2 saturated heterocycles. The quantitative estimate of drug-likeness (QED) is 0.840. The Morgan fingerprint density at radius 1 is 1.38 bits per heavy atom. The lowest BCUT2D eigenvalue weighted by atomic mass is 9.86. The van der Waals surface area contributed by atoms with Crippen LogP contribution in [0.25, 0.3) is 0 Å². The molecule has 2 aliphatic heterocycles. The molecule has 122 valence electrons. The van der Waals surface area contributed by atoms with Gasteiger partial charge in [-0.15, -0.1) is 0 Å². The van der Waals surface area contributed by atoms with E-state index in [0.717, 1.165) is 45.2 Å². The lowest BCUT2D eigenvalue weighted by Gasteiger charge is -2.50. The van der Waals surface area contributed by atoms with Crippen LogP contribution in [-0.4, -0.2) is 62.0 Å². The molecule has 2 heterocycles. The Kier molecular flexibility index (Phi) is 4.34. The number of rotatable bonds is 5. The second-order valence-electron chi connectivity index (χ2n) is 7.98. The second kappa shape index (κ2) is 5.80. The number of nitrogens with zero attached hydrogens (tertiary/aromatic N) is 1. The van der Waals surface area contributed by atoms with Gasteiger partial charge in [-0.05, 0) is 31.6 Å². The zero-order valence-electron chi connectivity index (χ0n) is 14.2. The third-order valence-corrected chi connectivity index (χ3v) is 5.95. The molecule has 4 nitrogen and oxygen atoms in total. The highest BCUT2D eigenvalue weighted by Crippen LogP contribution is 2.42. The number of hydrogen-bond donors (Lipinski definition) is 1. The van der Waals surface area contributed by atoms with Gasteiger partial charge in [-0.1, -0.05) is 13.8 Å². The molecule has 21 heavy (non-hydrogen) atoms. The number of nitrogens with one attached hydrogen (secondary N) is 1. The van der Waals surface area contributed by atoms with Crippen molar-refractivity contribution in [2.75, 3.05) is 40.0 Å². The summed E-state index contributed by atoms with van der Waals surface area (Å²) in [7, 11) is 1.85. The summed E-state index contributed by atoms with van der Waals surface area (Å²) in [6.45, 7) is 11.9. The van der Waals surface area contributed by atoms with E-state index in [4.69, 9.17) is 9.47 Å². The van der Waals surface area contributed by atoms with Crippen LogP contribution in [0.3, 0.4) is 0 Å². The molecule has 0 spiro atoms. The minimum Gasteiger partial charge on any atom is -0.378 e. The zero-order valence-corrected chi connectivity index (χ0v) is 14.2. The normalized spacial score (nSPS) is 41.9. The summed E-state index contributed by atoms with van der Waals surface area (Å²) in [4.78, 5) is 2.69. The van der Waals surface area contributed by atoms with Crippen molar-refractivity contribution in [3.8, 4) is 0 Å². The Morgan fingerprint density at radius 2 is 2.14 bits per heavy atom. The van der Waals surface area contributed by atoms with Gasteiger partial charge >= 0.3 is 0 Å². The molecule has 1 saturated carbocycles. The highest BCUT2D eigenvalue weighted by atomic mass is 16.5. The molecular formula is C17H32N2O2. The molecule has 3 fully saturated rings. The lowest BCUT2D eigenvalue weighted by Crippen LogP contribution is -2.67. The Labute approximate surface area is 129 Å². The van der Waals surface area contributed by atoms with Gasteiger partial charge in [0.2, 0.25) is 0 Å². The highest BCUT2D eigenvalue weighted by molar-refractivity contribution is 5.06. The SMILES string of the molecule is COC1(CN2CC(C)(C3CC3)NCC2C(C)C)CCOC1. The first-order valence-corrected chi connectivity index (χ1v) is 8.60. The van der Waals surface area contributed by atoms with Gasteiger partial charge in [0.15, 0.2) is 0 Å². The molecule has 3 aliphatic rings. The van der Waals surface area contributed by atoms with Crippen LogP contribution >= 0.6 is 0 Å². The van der Waals surface area contributed by atoms with Crippen LogP contribution in [0.2, 0.25) is 0 Å². The van der Waals surface area contributed by atoms with Crippen molar-refractivity contribution in [1.82, 2.24) is 10.2 Å². The maximum absolute atomic E-state index is 5.89. The molecule has 0 radical (unpaired) electrons. The summed E-state index contributed by atoms with van der Waals surface area (Å²) < 4.78 is 11.5. The third kappa shape index (κ3) is 3.14. The molecule has 3 unspecified atom stereocenters. The predicted molar refractivity (Wildman–Crippen MR) is 84.5 cm³/mol. The molecule has 3 atom stereocenters. The molecule has 0 aromatic heterocycles. The number of hydrogen-bond acceptors (Lipinski definition) is 4. The first kappa shape index (κ1) is 15.7. The fourth-order valence-corrected chi connectivity index (χ4v) is 4.20. The minimum atomic E-state index is -0.0884. The standard InChI is InChI=1S/C17H32N2O2/c1-13(2)15-9-18-16(3,14-5-6-14)10-19(15)11-17(20-4)7-8-21-12-17/h13-15,18H,5-12H2,1-4H3. The van der Waals surface area contributed by atoms with Crippen LogP contribution < -0.4 is 5.32 Å². The summed E-state index contributed by atoms with van der Waals surface area (Å²) in [6.07, 6.45) is 3.81. The predicted octanol–water partition coefficient (Wildman–Crippen LogP) is 1.89. The maximum Gasteiger partial charge on any atom is 0.106 e. The second-order valence-corrected chi connectivity index (χ2v) is 7.98. The Hall–Kier alpha value is -0.160. The monoisotopic (exact) mass is 296 g/mol.